The first-order valence-electron chi connectivity index (χ1n) is 3.84. The Morgan fingerprint density at radius 2 is 2.14 bits per heavy atom. The molecule has 1 unspecified atom stereocenters. The van der Waals surface area contributed by atoms with Crippen molar-refractivity contribution in [3.8, 4) is 0 Å². The lowest BCUT2D eigenvalue weighted by atomic mass is 10.4. The molecule has 0 aromatic heterocycles. The largest absolute Gasteiger partial charge is 0.415 e. The molecule has 0 aromatic carbocycles. The molecule has 0 radical (unpaired) electrons. The van der Waals surface area contributed by atoms with Crippen LogP contribution < -0.4 is 5.32 Å². The van der Waals surface area contributed by atoms with Gasteiger partial charge < -0.3 is 10.1 Å². The van der Waals surface area contributed by atoms with Crippen molar-refractivity contribution in [1.82, 2.24) is 5.32 Å². The number of cyclic esters (lactones) is 2. The van der Waals surface area contributed by atoms with Gasteiger partial charge in [-0.3, -0.25) is 0 Å². The molecule has 1 fully saturated rings. The lowest BCUT2D eigenvalue weighted by Gasteiger charge is -2.03. The van der Waals surface area contributed by atoms with Gasteiger partial charge in [-0.15, -0.1) is 0 Å². The van der Waals surface area contributed by atoms with E-state index in [4.69, 9.17) is 0 Å². The highest BCUT2D eigenvalue weighted by atomic mass is 33.1. The van der Waals surface area contributed by atoms with Crippen molar-refractivity contribution < 1.29 is 22.7 Å². The summed E-state index contributed by atoms with van der Waals surface area (Å²) in [6.07, 6.45) is -0.825. The number of rotatable bonds is 4. The molecule has 0 spiro atoms. The number of hydrogen-bond acceptors (Lipinski definition) is 6. The minimum Gasteiger partial charge on any atom is -0.375 e. The van der Waals surface area contributed by atoms with Crippen LogP contribution >= 0.6 is 10.8 Å². The fraction of sp³-hybridized carbons (Fsp3) is 0.667. The number of nitrogens with one attached hydrogen (secondary N) is 1. The summed E-state index contributed by atoms with van der Waals surface area (Å²) in [5, 5.41) is 2.20. The maximum Gasteiger partial charge on any atom is 0.415 e. The van der Waals surface area contributed by atoms with Crippen molar-refractivity contribution in [2.45, 2.75) is 13.0 Å². The van der Waals surface area contributed by atoms with E-state index in [1.54, 1.807) is 0 Å². The smallest absolute Gasteiger partial charge is 0.375 e. The number of alkyl carbamates (subject to hydrolysis) is 1. The first kappa shape index (κ1) is 11.3. The molecule has 80 valence electrons. The summed E-state index contributed by atoms with van der Waals surface area (Å²) in [5.74, 6) is -0.748. The van der Waals surface area contributed by atoms with Crippen molar-refractivity contribution in [2.75, 3.05) is 11.5 Å². The number of carbonyl (C=O) groups excluding carboxylic acids is 2. The molecule has 0 saturated carbocycles. The van der Waals surface area contributed by atoms with Crippen molar-refractivity contribution in [3.05, 3.63) is 0 Å². The van der Waals surface area contributed by atoms with Crippen molar-refractivity contribution in [2.24, 2.45) is 0 Å². The molecule has 1 atom stereocenters. The molecule has 0 aromatic rings. The van der Waals surface area contributed by atoms with Gasteiger partial charge in [-0.05, 0) is 10.8 Å². The summed E-state index contributed by atoms with van der Waals surface area (Å²) in [6, 6.07) is -0.853. The van der Waals surface area contributed by atoms with Gasteiger partial charge in [-0.1, -0.05) is 6.92 Å². The molecule has 6 nitrogen and oxygen atoms in total. The monoisotopic (exact) mass is 239 g/mol. The highest BCUT2D eigenvalue weighted by molar-refractivity contribution is 8.72. The number of hydrogen-bond donors (Lipinski definition) is 1. The molecule has 1 rings (SSSR count). The average molecular weight is 239 g/mol. The van der Waals surface area contributed by atoms with Gasteiger partial charge in [0.05, 0.1) is 5.75 Å². The van der Waals surface area contributed by atoms with E-state index >= 15 is 0 Å². The number of esters is 1. The molecule has 1 aliphatic heterocycles. The third kappa shape index (κ3) is 2.88. The van der Waals surface area contributed by atoms with E-state index in [1.165, 1.54) is 6.92 Å². The fourth-order valence-corrected chi connectivity index (χ4v) is 3.02. The molecule has 1 amide bonds. The standard InChI is InChI=1S/C6H9NO5S2/c1-2-14(10,11)13-3-4-5(8)12-6(9)7-4/h4H,2-3H2,1H3,(H,7,9). The Balaban J connectivity index is 2.47. The van der Waals surface area contributed by atoms with Crippen LogP contribution in [0.2, 0.25) is 0 Å². The van der Waals surface area contributed by atoms with Gasteiger partial charge in [0.15, 0.2) is 0 Å². The molecule has 14 heavy (non-hydrogen) atoms. The van der Waals surface area contributed by atoms with Crippen LogP contribution in [-0.2, 0) is 18.4 Å². The lowest BCUT2D eigenvalue weighted by Crippen LogP contribution is -2.31. The van der Waals surface area contributed by atoms with E-state index in [0.29, 0.717) is 10.8 Å². The van der Waals surface area contributed by atoms with E-state index in [1.807, 2.05) is 0 Å². The predicted octanol–water partition coefficient (Wildman–Crippen LogP) is -0.296. The number of amides is 1. The van der Waals surface area contributed by atoms with E-state index in [2.05, 4.69) is 10.1 Å². The predicted molar refractivity (Wildman–Crippen MR) is 50.3 cm³/mol. The molecular formula is C6H9NO5S2. The van der Waals surface area contributed by atoms with Crippen LogP contribution in [0.1, 0.15) is 6.92 Å². The van der Waals surface area contributed by atoms with Gasteiger partial charge in [-0.2, -0.15) is 0 Å². The van der Waals surface area contributed by atoms with Crippen LogP contribution in [0.5, 0.6) is 0 Å². The second kappa shape index (κ2) is 4.18. The normalized spacial score (nSPS) is 21.9. The second-order valence-electron chi connectivity index (χ2n) is 2.54. The Morgan fingerprint density at radius 1 is 1.50 bits per heavy atom. The number of ether oxygens (including phenoxy) is 1. The highest BCUT2D eigenvalue weighted by Gasteiger charge is 2.33. The van der Waals surface area contributed by atoms with Gasteiger partial charge in [-0.25, -0.2) is 18.0 Å². The topological polar surface area (TPSA) is 89.5 Å². The third-order valence-corrected chi connectivity index (χ3v) is 5.27. The van der Waals surface area contributed by atoms with Crippen molar-refractivity contribution >= 4 is 31.7 Å². The quantitative estimate of drug-likeness (QED) is 0.412. The van der Waals surface area contributed by atoms with Crippen LogP contribution in [-0.4, -0.2) is 38.0 Å². The average Bonchev–Trinajstić information content (AvgIpc) is 2.42. The molecule has 0 bridgehead atoms. The first-order valence-corrected chi connectivity index (χ1v) is 6.99. The van der Waals surface area contributed by atoms with Crippen LogP contribution in [0.25, 0.3) is 0 Å². The maximum absolute atomic E-state index is 11.0. The zero-order valence-electron chi connectivity index (χ0n) is 7.35. The van der Waals surface area contributed by atoms with Crippen LogP contribution in [0, 0.1) is 0 Å². The number of carbonyl (C=O) groups is 2. The van der Waals surface area contributed by atoms with Gasteiger partial charge in [0, 0.05) is 5.75 Å². The SMILES string of the molecule is CCS(=O)(=O)SCC1NC(=O)OC1=O. The maximum atomic E-state index is 11.0. The Bertz CT molecular complexity index is 349. The summed E-state index contributed by atoms with van der Waals surface area (Å²) in [5.41, 5.74) is 0. The van der Waals surface area contributed by atoms with Gasteiger partial charge in [0.2, 0.25) is 8.87 Å². The molecule has 1 N–H and O–H groups in total. The summed E-state index contributed by atoms with van der Waals surface area (Å²) in [4.78, 5) is 21.4. The zero-order valence-corrected chi connectivity index (χ0v) is 8.98. The van der Waals surface area contributed by atoms with Gasteiger partial charge >= 0.3 is 12.1 Å². The lowest BCUT2D eigenvalue weighted by molar-refractivity contribution is -0.134. The fourth-order valence-electron chi connectivity index (χ4n) is 0.758. The Labute approximate surface area is 84.7 Å². The van der Waals surface area contributed by atoms with E-state index in [9.17, 15) is 18.0 Å². The molecule has 0 aliphatic carbocycles. The molecule has 8 heteroatoms. The third-order valence-electron chi connectivity index (χ3n) is 1.54. The summed E-state index contributed by atoms with van der Waals surface area (Å²) < 4.78 is 26.3. The van der Waals surface area contributed by atoms with Crippen LogP contribution in [0.15, 0.2) is 0 Å². The van der Waals surface area contributed by atoms with E-state index < -0.39 is 27.0 Å². The zero-order chi connectivity index (χ0) is 10.8. The molecule has 1 aliphatic rings. The second-order valence-corrected chi connectivity index (χ2v) is 7.03. The first-order chi connectivity index (χ1) is 6.44. The molecule has 1 heterocycles. The van der Waals surface area contributed by atoms with Gasteiger partial charge in [0.1, 0.15) is 6.04 Å². The van der Waals surface area contributed by atoms with E-state index in [0.717, 1.165) is 0 Å². The summed E-state index contributed by atoms with van der Waals surface area (Å²) in [7, 11) is -2.55. The Morgan fingerprint density at radius 3 is 2.57 bits per heavy atom. The van der Waals surface area contributed by atoms with E-state index in [-0.39, 0.29) is 11.5 Å². The van der Waals surface area contributed by atoms with Crippen LogP contribution in [0.3, 0.4) is 0 Å². The Kier molecular flexibility index (Phi) is 3.38. The molecule has 1 saturated heterocycles. The summed E-state index contributed by atoms with van der Waals surface area (Å²) in [6.45, 7) is 1.51. The highest BCUT2D eigenvalue weighted by Crippen LogP contribution is 2.16. The van der Waals surface area contributed by atoms with Gasteiger partial charge in [0.25, 0.3) is 0 Å². The summed E-state index contributed by atoms with van der Waals surface area (Å²) >= 11 is 0. The minimum absolute atomic E-state index is 0.00657. The molecular weight excluding hydrogens is 230 g/mol. The van der Waals surface area contributed by atoms with Crippen molar-refractivity contribution in [1.29, 1.82) is 0 Å². The van der Waals surface area contributed by atoms with Crippen molar-refractivity contribution in [3.63, 3.8) is 0 Å². The van der Waals surface area contributed by atoms with Crippen LogP contribution in [0.4, 0.5) is 4.79 Å². The Hall–Kier alpha value is -0.760. The minimum atomic E-state index is -3.19.